The van der Waals surface area contributed by atoms with E-state index in [1.165, 1.54) is 12.1 Å². The molecule has 0 amide bonds. The van der Waals surface area contributed by atoms with E-state index < -0.39 is 0 Å². The van der Waals surface area contributed by atoms with Crippen LogP contribution in [0.3, 0.4) is 0 Å². The van der Waals surface area contributed by atoms with Gasteiger partial charge in [-0.15, -0.1) is 0 Å². The zero-order chi connectivity index (χ0) is 13.9. The van der Waals surface area contributed by atoms with Gasteiger partial charge in [0.05, 0.1) is 5.92 Å². The molecular formula is C14H16FN3O2. The first kappa shape index (κ1) is 13.2. The fourth-order valence-electron chi connectivity index (χ4n) is 2.38. The Kier molecular flexibility index (Phi) is 3.75. The van der Waals surface area contributed by atoms with Crippen molar-refractivity contribution in [3.63, 3.8) is 0 Å². The van der Waals surface area contributed by atoms with Gasteiger partial charge in [-0.25, -0.2) is 4.39 Å². The van der Waals surface area contributed by atoms with Crippen molar-refractivity contribution in [1.82, 2.24) is 10.1 Å². The second kappa shape index (κ2) is 5.68. The summed E-state index contributed by atoms with van der Waals surface area (Å²) in [7, 11) is 0. The molecule has 1 aliphatic rings. The molecule has 2 unspecified atom stereocenters. The monoisotopic (exact) mass is 277 g/mol. The minimum Gasteiger partial charge on any atom is -0.370 e. The largest absolute Gasteiger partial charge is 0.370 e. The lowest BCUT2D eigenvalue weighted by Crippen LogP contribution is -2.14. The van der Waals surface area contributed by atoms with E-state index in [9.17, 15) is 4.39 Å². The van der Waals surface area contributed by atoms with E-state index in [0.717, 1.165) is 25.0 Å². The second-order valence-electron chi connectivity index (χ2n) is 4.83. The normalized spacial score (nSPS) is 20.2. The molecule has 2 atom stereocenters. The molecule has 2 aromatic rings. The van der Waals surface area contributed by atoms with Crippen molar-refractivity contribution in [3.05, 3.63) is 47.4 Å². The van der Waals surface area contributed by atoms with Gasteiger partial charge in [-0.05, 0) is 30.5 Å². The van der Waals surface area contributed by atoms with Crippen LogP contribution in [0.2, 0.25) is 0 Å². The van der Waals surface area contributed by atoms with Crippen LogP contribution < -0.4 is 5.73 Å². The van der Waals surface area contributed by atoms with E-state index in [2.05, 4.69) is 10.1 Å². The van der Waals surface area contributed by atoms with Gasteiger partial charge in [0.25, 0.3) is 0 Å². The van der Waals surface area contributed by atoms with Crippen molar-refractivity contribution in [2.24, 2.45) is 5.73 Å². The minimum atomic E-state index is -0.282. The second-order valence-corrected chi connectivity index (χ2v) is 4.83. The summed E-state index contributed by atoms with van der Waals surface area (Å²) in [5.74, 6) is 0.510. The molecule has 0 saturated carbocycles. The Balaban J connectivity index is 1.83. The smallest absolute Gasteiger partial charge is 0.235 e. The third-order valence-corrected chi connectivity index (χ3v) is 3.48. The van der Waals surface area contributed by atoms with E-state index >= 15 is 0 Å². The number of aromatic nitrogens is 2. The maximum atomic E-state index is 13.0. The highest BCUT2D eigenvalue weighted by molar-refractivity contribution is 5.25. The average Bonchev–Trinajstić information content (AvgIpc) is 3.12. The van der Waals surface area contributed by atoms with Gasteiger partial charge in [0, 0.05) is 13.2 Å². The van der Waals surface area contributed by atoms with Crippen LogP contribution in [-0.4, -0.2) is 23.3 Å². The average molecular weight is 277 g/mol. The van der Waals surface area contributed by atoms with E-state index in [-0.39, 0.29) is 17.8 Å². The maximum Gasteiger partial charge on any atom is 0.235 e. The zero-order valence-corrected chi connectivity index (χ0v) is 11.0. The molecule has 0 bridgehead atoms. The summed E-state index contributed by atoms with van der Waals surface area (Å²) in [5.41, 5.74) is 6.64. The van der Waals surface area contributed by atoms with E-state index in [0.29, 0.717) is 18.3 Å². The van der Waals surface area contributed by atoms with Crippen LogP contribution in [0.15, 0.2) is 28.8 Å². The van der Waals surface area contributed by atoms with Gasteiger partial charge in [-0.2, -0.15) is 4.98 Å². The summed E-state index contributed by atoms with van der Waals surface area (Å²) in [5, 5.41) is 3.97. The molecule has 1 saturated heterocycles. The molecular weight excluding hydrogens is 261 g/mol. The lowest BCUT2D eigenvalue weighted by atomic mass is 9.99. The number of hydrogen-bond acceptors (Lipinski definition) is 5. The zero-order valence-electron chi connectivity index (χ0n) is 11.0. The lowest BCUT2D eigenvalue weighted by molar-refractivity contribution is 0.103. The molecule has 6 heteroatoms. The fraction of sp³-hybridized carbons (Fsp3) is 0.429. The summed E-state index contributed by atoms with van der Waals surface area (Å²) in [6, 6.07) is 6.16. The Bertz CT molecular complexity index is 564. The number of nitrogens with zero attached hydrogens (tertiary/aromatic N) is 2. The van der Waals surface area contributed by atoms with E-state index in [1.807, 2.05) is 0 Å². The van der Waals surface area contributed by atoms with Crippen LogP contribution in [0.1, 0.15) is 42.1 Å². The lowest BCUT2D eigenvalue weighted by Gasteiger charge is -2.10. The molecule has 1 aromatic carbocycles. The number of rotatable bonds is 4. The number of hydrogen-bond donors (Lipinski definition) is 1. The Hall–Kier alpha value is -1.79. The molecule has 1 fully saturated rings. The molecule has 1 aliphatic heterocycles. The first-order valence-corrected chi connectivity index (χ1v) is 6.68. The Morgan fingerprint density at radius 1 is 1.35 bits per heavy atom. The Morgan fingerprint density at radius 2 is 2.15 bits per heavy atom. The highest BCUT2D eigenvalue weighted by Crippen LogP contribution is 2.29. The Morgan fingerprint density at radius 3 is 2.80 bits per heavy atom. The first-order chi connectivity index (χ1) is 9.78. The fourth-order valence-corrected chi connectivity index (χ4v) is 2.38. The van der Waals surface area contributed by atoms with Crippen molar-refractivity contribution in [2.45, 2.75) is 24.9 Å². The molecule has 5 nitrogen and oxygen atoms in total. The van der Waals surface area contributed by atoms with Crippen LogP contribution in [0, 0.1) is 5.82 Å². The Labute approximate surface area is 115 Å². The number of halogens is 1. The van der Waals surface area contributed by atoms with Crippen molar-refractivity contribution >= 4 is 0 Å². The van der Waals surface area contributed by atoms with Gasteiger partial charge in [0.1, 0.15) is 11.9 Å². The summed E-state index contributed by atoms with van der Waals surface area (Å²) in [4.78, 5) is 4.39. The molecule has 20 heavy (non-hydrogen) atoms. The van der Waals surface area contributed by atoms with E-state index in [4.69, 9.17) is 15.0 Å². The predicted molar refractivity (Wildman–Crippen MR) is 69.5 cm³/mol. The third-order valence-electron chi connectivity index (χ3n) is 3.48. The SMILES string of the molecule is NCC(c1ccc(F)cc1)c1nc(C2CCCO2)no1. The standard InChI is InChI=1S/C14H16FN3O2/c15-10-5-3-9(4-6-10)11(8-16)14-17-13(18-20-14)12-2-1-7-19-12/h3-6,11-12H,1-2,7-8,16H2. The highest BCUT2D eigenvalue weighted by Gasteiger charge is 2.26. The molecule has 2 N–H and O–H groups in total. The van der Waals surface area contributed by atoms with Crippen molar-refractivity contribution in [2.75, 3.05) is 13.2 Å². The molecule has 106 valence electrons. The predicted octanol–water partition coefficient (Wildman–Crippen LogP) is 2.15. The van der Waals surface area contributed by atoms with Crippen molar-refractivity contribution < 1.29 is 13.7 Å². The molecule has 0 radical (unpaired) electrons. The summed E-state index contributed by atoms with van der Waals surface area (Å²) in [6.45, 7) is 1.05. The topological polar surface area (TPSA) is 74.2 Å². The number of nitrogens with two attached hydrogens (primary N) is 1. The third kappa shape index (κ3) is 2.57. The van der Waals surface area contributed by atoms with Gasteiger partial charge in [-0.1, -0.05) is 17.3 Å². The number of ether oxygens (including phenoxy) is 1. The van der Waals surface area contributed by atoms with Crippen LogP contribution in [0.4, 0.5) is 4.39 Å². The summed E-state index contributed by atoms with van der Waals surface area (Å²) < 4.78 is 23.8. The van der Waals surface area contributed by atoms with Crippen LogP contribution >= 0.6 is 0 Å². The van der Waals surface area contributed by atoms with Crippen molar-refractivity contribution in [3.8, 4) is 0 Å². The highest BCUT2D eigenvalue weighted by atomic mass is 19.1. The van der Waals surface area contributed by atoms with Gasteiger partial charge < -0.3 is 15.0 Å². The molecule has 3 rings (SSSR count). The van der Waals surface area contributed by atoms with Gasteiger partial charge in [0.15, 0.2) is 0 Å². The molecule has 0 aliphatic carbocycles. The summed E-state index contributed by atoms with van der Waals surface area (Å²) >= 11 is 0. The summed E-state index contributed by atoms with van der Waals surface area (Å²) in [6.07, 6.45) is 1.83. The molecule has 2 heterocycles. The maximum absolute atomic E-state index is 13.0. The first-order valence-electron chi connectivity index (χ1n) is 6.68. The van der Waals surface area contributed by atoms with Gasteiger partial charge >= 0.3 is 0 Å². The van der Waals surface area contributed by atoms with Crippen LogP contribution in [0.5, 0.6) is 0 Å². The van der Waals surface area contributed by atoms with Gasteiger partial charge in [0.2, 0.25) is 11.7 Å². The molecule has 0 spiro atoms. The van der Waals surface area contributed by atoms with E-state index in [1.54, 1.807) is 12.1 Å². The quantitative estimate of drug-likeness (QED) is 0.926. The minimum absolute atomic E-state index is 0.0841. The number of benzene rings is 1. The van der Waals surface area contributed by atoms with Crippen LogP contribution in [0.25, 0.3) is 0 Å². The van der Waals surface area contributed by atoms with Gasteiger partial charge in [-0.3, -0.25) is 0 Å². The van der Waals surface area contributed by atoms with Crippen LogP contribution in [-0.2, 0) is 4.74 Å². The van der Waals surface area contributed by atoms with Crippen molar-refractivity contribution in [1.29, 1.82) is 0 Å². The molecule has 1 aromatic heterocycles.